The summed E-state index contributed by atoms with van der Waals surface area (Å²) < 4.78 is 19.6. The van der Waals surface area contributed by atoms with E-state index in [1.807, 2.05) is 109 Å². The van der Waals surface area contributed by atoms with Crippen molar-refractivity contribution in [2.75, 3.05) is 7.11 Å². The van der Waals surface area contributed by atoms with E-state index in [1.165, 1.54) is 0 Å². The molecule has 0 spiro atoms. The first-order valence-electron chi connectivity index (χ1n) is 9.18. The highest BCUT2D eigenvalue weighted by Crippen LogP contribution is 2.42. The lowest BCUT2D eigenvalue weighted by molar-refractivity contribution is 0.415. The standard InChI is InChI=1S/C25H21O2P/c1-27-22-16-12-20(13-17-22)21-14-18-25(19-15-21)28(26,23-8-4-2-5-9-23)24-10-6-3-7-11-24/h2-19H,1H3. The van der Waals surface area contributed by atoms with Gasteiger partial charge in [-0.15, -0.1) is 0 Å². The molecule has 0 aromatic heterocycles. The summed E-state index contributed by atoms with van der Waals surface area (Å²) in [6.07, 6.45) is 0. The molecule has 0 unspecified atom stereocenters. The molecular weight excluding hydrogens is 363 g/mol. The molecule has 0 N–H and O–H groups in total. The van der Waals surface area contributed by atoms with E-state index in [9.17, 15) is 4.57 Å². The van der Waals surface area contributed by atoms with Crippen LogP contribution in [0.4, 0.5) is 0 Å². The van der Waals surface area contributed by atoms with Crippen LogP contribution >= 0.6 is 7.14 Å². The van der Waals surface area contributed by atoms with Crippen LogP contribution < -0.4 is 20.7 Å². The van der Waals surface area contributed by atoms with Crippen molar-refractivity contribution in [3.05, 3.63) is 109 Å². The van der Waals surface area contributed by atoms with Gasteiger partial charge in [0.1, 0.15) is 5.75 Å². The van der Waals surface area contributed by atoms with Gasteiger partial charge in [0.05, 0.1) is 7.11 Å². The van der Waals surface area contributed by atoms with Gasteiger partial charge in [-0.2, -0.15) is 0 Å². The molecule has 0 atom stereocenters. The largest absolute Gasteiger partial charge is 0.497 e. The molecule has 0 aliphatic rings. The van der Waals surface area contributed by atoms with Crippen LogP contribution in [-0.4, -0.2) is 7.11 Å². The van der Waals surface area contributed by atoms with Crippen LogP contribution in [0, 0.1) is 0 Å². The maximum absolute atomic E-state index is 14.3. The Morgan fingerprint density at radius 2 is 0.929 bits per heavy atom. The summed E-state index contributed by atoms with van der Waals surface area (Å²) in [6.45, 7) is 0. The van der Waals surface area contributed by atoms with Crippen LogP contribution in [0.5, 0.6) is 5.75 Å². The van der Waals surface area contributed by atoms with Crippen molar-refractivity contribution in [3.63, 3.8) is 0 Å². The molecule has 4 aromatic rings. The van der Waals surface area contributed by atoms with Gasteiger partial charge in [0.2, 0.25) is 0 Å². The molecule has 2 nitrogen and oxygen atoms in total. The van der Waals surface area contributed by atoms with Crippen molar-refractivity contribution in [2.24, 2.45) is 0 Å². The Labute approximate surface area is 165 Å². The van der Waals surface area contributed by atoms with E-state index in [0.717, 1.165) is 32.8 Å². The third-order valence-corrected chi connectivity index (χ3v) is 7.97. The molecule has 0 saturated heterocycles. The molecule has 0 bridgehead atoms. The number of hydrogen-bond donors (Lipinski definition) is 0. The monoisotopic (exact) mass is 384 g/mol. The second-order valence-electron chi connectivity index (χ2n) is 6.56. The highest BCUT2D eigenvalue weighted by molar-refractivity contribution is 7.85. The molecular formula is C25H21O2P. The quantitative estimate of drug-likeness (QED) is 0.453. The van der Waals surface area contributed by atoms with E-state index in [-0.39, 0.29) is 0 Å². The average Bonchev–Trinajstić information content (AvgIpc) is 2.80. The van der Waals surface area contributed by atoms with Crippen molar-refractivity contribution in [3.8, 4) is 16.9 Å². The zero-order chi connectivity index (χ0) is 19.4. The van der Waals surface area contributed by atoms with E-state index in [1.54, 1.807) is 7.11 Å². The highest BCUT2D eigenvalue weighted by atomic mass is 31.2. The first-order chi connectivity index (χ1) is 13.7. The summed E-state index contributed by atoms with van der Waals surface area (Å²) in [4.78, 5) is 0. The fourth-order valence-corrected chi connectivity index (χ4v) is 6.02. The van der Waals surface area contributed by atoms with Crippen molar-refractivity contribution in [2.45, 2.75) is 0 Å². The summed E-state index contributed by atoms with van der Waals surface area (Å²) in [5.41, 5.74) is 2.18. The average molecular weight is 384 g/mol. The molecule has 3 heteroatoms. The summed E-state index contributed by atoms with van der Waals surface area (Å²) in [6, 6.07) is 35.5. The summed E-state index contributed by atoms with van der Waals surface area (Å²) in [5, 5.41) is 2.53. The summed E-state index contributed by atoms with van der Waals surface area (Å²) >= 11 is 0. The zero-order valence-corrected chi connectivity index (χ0v) is 16.6. The first-order valence-corrected chi connectivity index (χ1v) is 10.9. The Kier molecular flexibility index (Phi) is 5.14. The van der Waals surface area contributed by atoms with E-state index in [4.69, 9.17) is 4.74 Å². The molecule has 0 radical (unpaired) electrons. The predicted molar refractivity (Wildman–Crippen MR) is 118 cm³/mol. The topological polar surface area (TPSA) is 26.3 Å². The minimum atomic E-state index is -2.92. The van der Waals surface area contributed by atoms with Crippen molar-refractivity contribution >= 4 is 23.1 Å². The third kappa shape index (κ3) is 3.40. The SMILES string of the molecule is COc1ccc(-c2ccc(P(=O)(c3ccccc3)c3ccccc3)cc2)cc1. The Hall–Kier alpha value is -3.09. The second-order valence-corrected chi connectivity index (χ2v) is 9.32. The van der Waals surface area contributed by atoms with Gasteiger partial charge in [-0.25, -0.2) is 0 Å². The molecule has 138 valence electrons. The Balaban J connectivity index is 1.78. The molecule has 4 rings (SSSR count). The lowest BCUT2D eigenvalue weighted by atomic mass is 10.1. The van der Waals surface area contributed by atoms with Crippen molar-refractivity contribution < 1.29 is 9.30 Å². The third-order valence-electron chi connectivity index (χ3n) is 4.89. The minimum absolute atomic E-state index is 0.832. The van der Waals surface area contributed by atoms with E-state index in [2.05, 4.69) is 0 Å². The van der Waals surface area contributed by atoms with E-state index in [0.29, 0.717) is 0 Å². The molecule has 0 saturated carbocycles. The van der Waals surface area contributed by atoms with Crippen LogP contribution in [0.25, 0.3) is 11.1 Å². The second kappa shape index (κ2) is 7.88. The van der Waals surface area contributed by atoms with E-state index >= 15 is 0 Å². The highest BCUT2D eigenvalue weighted by Gasteiger charge is 2.29. The van der Waals surface area contributed by atoms with Crippen molar-refractivity contribution in [1.82, 2.24) is 0 Å². The van der Waals surface area contributed by atoms with Gasteiger partial charge < -0.3 is 9.30 Å². The Morgan fingerprint density at radius 1 is 0.536 bits per heavy atom. The summed E-state index contributed by atoms with van der Waals surface area (Å²) in [7, 11) is -1.26. The molecule has 4 aromatic carbocycles. The molecule has 0 aliphatic carbocycles. The minimum Gasteiger partial charge on any atom is -0.497 e. The van der Waals surface area contributed by atoms with Crippen molar-refractivity contribution in [1.29, 1.82) is 0 Å². The fourth-order valence-electron chi connectivity index (χ4n) is 3.37. The van der Waals surface area contributed by atoms with Gasteiger partial charge in [-0.3, -0.25) is 0 Å². The Bertz CT molecular complexity index is 1040. The number of ether oxygens (including phenoxy) is 1. The molecule has 0 heterocycles. The van der Waals surface area contributed by atoms with Gasteiger partial charge in [-0.05, 0) is 23.3 Å². The van der Waals surface area contributed by atoms with Gasteiger partial charge in [-0.1, -0.05) is 97.1 Å². The van der Waals surface area contributed by atoms with Gasteiger partial charge in [0.25, 0.3) is 0 Å². The van der Waals surface area contributed by atoms with Crippen LogP contribution in [-0.2, 0) is 4.57 Å². The molecule has 0 aliphatic heterocycles. The van der Waals surface area contributed by atoms with Gasteiger partial charge >= 0.3 is 0 Å². The maximum Gasteiger partial charge on any atom is 0.171 e. The molecule has 0 fully saturated rings. The number of methoxy groups -OCH3 is 1. The number of hydrogen-bond acceptors (Lipinski definition) is 2. The first kappa shape index (κ1) is 18.3. The molecule has 28 heavy (non-hydrogen) atoms. The maximum atomic E-state index is 14.3. The van der Waals surface area contributed by atoms with E-state index < -0.39 is 7.14 Å². The van der Waals surface area contributed by atoms with Gasteiger partial charge in [0, 0.05) is 15.9 Å². The lowest BCUT2D eigenvalue weighted by Gasteiger charge is -2.20. The lowest BCUT2D eigenvalue weighted by Crippen LogP contribution is -2.24. The predicted octanol–water partition coefficient (Wildman–Crippen LogP) is 5.00. The fraction of sp³-hybridized carbons (Fsp3) is 0.0400. The number of rotatable bonds is 5. The number of benzene rings is 4. The van der Waals surface area contributed by atoms with Crippen LogP contribution in [0.15, 0.2) is 109 Å². The smallest absolute Gasteiger partial charge is 0.171 e. The normalized spacial score (nSPS) is 11.2. The Morgan fingerprint density at radius 3 is 1.36 bits per heavy atom. The molecule has 0 amide bonds. The zero-order valence-electron chi connectivity index (χ0n) is 15.7. The van der Waals surface area contributed by atoms with Crippen LogP contribution in [0.2, 0.25) is 0 Å². The van der Waals surface area contributed by atoms with Gasteiger partial charge in [0.15, 0.2) is 7.14 Å². The van der Waals surface area contributed by atoms with Crippen LogP contribution in [0.3, 0.4) is 0 Å². The summed E-state index contributed by atoms with van der Waals surface area (Å²) in [5.74, 6) is 0.832. The van der Waals surface area contributed by atoms with Crippen LogP contribution in [0.1, 0.15) is 0 Å².